The van der Waals surface area contributed by atoms with Crippen LogP contribution in [0.25, 0.3) is 17.4 Å². The molecule has 0 bridgehead atoms. The molecule has 9 nitrogen and oxygen atoms in total. The van der Waals surface area contributed by atoms with Crippen LogP contribution in [0.3, 0.4) is 0 Å². The van der Waals surface area contributed by atoms with Crippen molar-refractivity contribution in [2.24, 2.45) is 0 Å². The Morgan fingerprint density at radius 1 is 0.941 bits per heavy atom. The summed E-state index contributed by atoms with van der Waals surface area (Å²) >= 11 is 0. The Hall–Kier alpha value is -4.66. The standard InChI is InChI=1S/C25H20N2O7/c1-3-33-25(31)17-6-4-15(5-7-17)21-13-12-19(34-21)14-20-22(28)26-27(23(20)29)18-10-8-16(9-11-18)24(30)32-2/h4-14H,3H2,1-2H3,(H,26,28)/b20-14-. The summed E-state index contributed by atoms with van der Waals surface area (Å²) < 4.78 is 15.4. The summed E-state index contributed by atoms with van der Waals surface area (Å²) in [6, 6.07) is 16.1. The van der Waals surface area contributed by atoms with Gasteiger partial charge in [0.1, 0.15) is 17.1 Å². The average Bonchev–Trinajstić information content (AvgIpc) is 3.44. The number of benzene rings is 2. The van der Waals surface area contributed by atoms with E-state index in [1.807, 2.05) is 0 Å². The molecule has 0 aliphatic carbocycles. The molecule has 1 aliphatic rings. The summed E-state index contributed by atoms with van der Waals surface area (Å²) in [5.74, 6) is -1.25. The first-order valence-electron chi connectivity index (χ1n) is 10.3. The second-order valence-electron chi connectivity index (χ2n) is 7.18. The number of anilines is 1. The molecule has 1 fully saturated rings. The Bertz CT molecular complexity index is 1290. The SMILES string of the molecule is CCOC(=O)c1ccc(-c2ccc(/C=C3/C(=O)NN(c4ccc(C(=O)OC)cc4)C3=O)o2)cc1. The van der Waals surface area contributed by atoms with Gasteiger partial charge in [-0.15, -0.1) is 0 Å². The highest BCUT2D eigenvalue weighted by Crippen LogP contribution is 2.26. The van der Waals surface area contributed by atoms with Crippen LogP contribution in [0.1, 0.15) is 33.4 Å². The van der Waals surface area contributed by atoms with Crippen LogP contribution >= 0.6 is 0 Å². The van der Waals surface area contributed by atoms with Crippen molar-refractivity contribution in [3.05, 3.63) is 83.1 Å². The topological polar surface area (TPSA) is 115 Å². The van der Waals surface area contributed by atoms with Crippen LogP contribution in [-0.2, 0) is 19.1 Å². The molecule has 3 aromatic rings. The number of hydrogen-bond donors (Lipinski definition) is 1. The third-order valence-electron chi connectivity index (χ3n) is 5.03. The molecule has 2 amide bonds. The number of carbonyl (C=O) groups is 4. The summed E-state index contributed by atoms with van der Waals surface area (Å²) in [4.78, 5) is 48.6. The third kappa shape index (κ3) is 4.44. The fraction of sp³-hybridized carbons (Fsp3) is 0.120. The van der Waals surface area contributed by atoms with Gasteiger partial charge in [-0.3, -0.25) is 15.0 Å². The molecule has 172 valence electrons. The highest BCUT2D eigenvalue weighted by Gasteiger charge is 2.34. The number of hydrogen-bond acceptors (Lipinski definition) is 7. The maximum atomic E-state index is 12.8. The molecule has 9 heteroatoms. The minimum Gasteiger partial charge on any atom is -0.465 e. The van der Waals surface area contributed by atoms with Crippen LogP contribution in [0, 0.1) is 0 Å². The predicted octanol–water partition coefficient (Wildman–Crippen LogP) is 3.37. The molecule has 1 aromatic heterocycles. The average molecular weight is 460 g/mol. The van der Waals surface area contributed by atoms with Crippen LogP contribution in [0.4, 0.5) is 5.69 Å². The Morgan fingerprint density at radius 2 is 1.59 bits per heavy atom. The third-order valence-corrected chi connectivity index (χ3v) is 5.03. The summed E-state index contributed by atoms with van der Waals surface area (Å²) in [5, 5.41) is 1.09. The van der Waals surface area contributed by atoms with Gasteiger partial charge in [0.15, 0.2) is 0 Å². The van der Waals surface area contributed by atoms with E-state index in [1.54, 1.807) is 43.3 Å². The fourth-order valence-corrected chi connectivity index (χ4v) is 3.32. The molecule has 1 aliphatic heterocycles. The number of carbonyl (C=O) groups excluding carboxylic acids is 4. The first-order chi connectivity index (χ1) is 16.4. The van der Waals surface area contributed by atoms with Crippen molar-refractivity contribution >= 4 is 35.5 Å². The van der Waals surface area contributed by atoms with E-state index in [2.05, 4.69) is 10.2 Å². The van der Waals surface area contributed by atoms with E-state index < -0.39 is 23.8 Å². The first-order valence-corrected chi connectivity index (χ1v) is 10.3. The van der Waals surface area contributed by atoms with Crippen LogP contribution < -0.4 is 10.4 Å². The minimum atomic E-state index is -0.584. The summed E-state index contributed by atoms with van der Waals surface area (Å²) in [7, 11) is 1.27. The lowest BCUT2D eigenvalue weighted by molar-refractivity contribution is -0.117. The number of furan rings is 1. The van der Waals surface area contributed by atoms with E-state index in [1.165, 1.54) is 37.5 Å². The number of nitrogens with zero attached hydrogens (tertiary/aromatic N) is 1. The van der Waals surface area contributed by atoms with Crippen molar-refractivity contribution in [2.45, 2.75) is 6.92 Å². The van der Waals surface area contributed by atoms with Gasteiger partial charge < -0.3 is 13.9 Å². The fourth-order valence-electron chi connectivity index (χ4n) is 3.32. The van der Waals surface area contributed by atoms with Crippen molar-refractivity contribution in [2.75, 3.05) is 18.7 Å². The van der Waals surface area contributed by atoms with Crippen LogP contribution in [0.15, 0.2) is 70.7 Å². The van der Waals surface area contributed by atoms with E-state index in [4.69, 9.17) is 9.15 Å². The van der Waals surface area contributed by atoms with Gasteiger partial charge >= 0.3 is 11.9 Å². The zero-order valence-electron chi connectivity index (χ0n) is 18.4. The first kappa shape index (κ1) is 22.5. The second kappa shape index (κ2) is 9.45. The lowest BCUT2D eigenvalue weighted by Gasteiger charge is -2.14. The van der Waals surface area contributed by atoms with Gasteiger partial charge in [-0.25, -0.2) is 14.6 Å². The number of esters is 2. The molecule has 1 N–H and O–H groups in total. The zero-order valence-corrected chi connectivity index (χ0v) is 18.4. The molecule has 0 unspecified atom stereocenters. The van der Waals surface area contributed by atoms with Crippen LogP contribution in [-0.4, -0.2) is 37.5 Å². The van der Waals surface area contributed by atoms with Gasteiger partial charge in [-0.05, 0) is 61.5 Å². The molecular weight excluding hydrogens is 440 g/mol. The highest BCUT2D eigenvalue weighted by atomic mass is 16.5. The van der Waals surface area contributed by atoms with Crippen LogP contribution in [0.2, 0.25) is 0 Å². The summed E-state index contributed by atoms with van der Waals surface area (Å²) in [5.41, 5.74) is 4.23. The largest absolute Gasteiger partial charge is 0.465 e. The van der Waals surface area contributed by atoms with Gasteiger partial charge in [-0.1, -0.05) is 12.1 Å². The smallest absolute Gasteiger partial charge is 0.338 e. The predicted molar refractivity (Wildman–Crippen MR) is 121 cm³/mol. The van der Waals surface area contributed by atoms with Gasteiger partial charge in [0.2, 0.25) is 0 Å². The normalized spacial score (nSPS) is 14.3. The second-order valence-corrected chi connectivity index (χ2v) is 7.18. The number of nitrogens with one attached hydrogen (secondary N) is 1. The van der Waals surface area contributed by atoms with E-state index in [0.29, 0.717) is 40.5 Å². The Morgan fingerprint density at radius 3 is 2.24 bits per heavy atom. The molecule has 0 atom stereocenters. The molecule has 1 saturated heterocycles. The van der Waals surface area contributed by atoms with Gasteiger partial charge in [0.25, 0.3) is 11.8 Å². The molecule has 34 heavy (non-hydrogen) atoms. The van der Waals surface area contributed by atoms with Gasteiger partial charge in [0, 0.05) is 5.56 Å². The van der Waals surface area contributed by atoms with Crippen molar-refractivity contribution in [3.8, 4) is 11.3 Å². The van der Waals surface area contributed by atoms with E-state index in [0.717, 1.165) is 5.01 Å². The monoisotopic (exact) mass is 460 g/mol. The molecule has 0 saturated carbocycles. The number of methoxy groups -OCH3 is 1. The van der Waals surface area contributed by atoms with Crippen molar-refractivity contribution in [1.82, 2.24) is 5.43 Å². The van der Waals surface area contributed by atoms with Crippen molar-refractivity contribution < 1.29 is 33.1 Å². The Balaban J connectivity index is 1.51. The zero-order chi connectivity index (χ0) is 24.2. The number of ether oxygens (including phenoxy) is 2. The van der Waals surface area contributed by atoms with Crippen molar-refractivity contribution in [3.63, 3.8) is 0 Å². The molecule has 0 spiro atoms. The molecular formula is C25H20N2O7. The Kier molecular flexibility index (Phi) is 6.26. The maximum absolute atomic E-state index is 12.8. The lowest BCUT2D eigenvalue weighted by Crippen LogP contribution is -2.35. The molecule has 0 radical (unpaired) electrons. The molecule has 2 aromatic carbocycles. The summed E-state index contributed by atoms with van der Waals surface area (Å²) in [6.07, 6.45) is 1.36. The van der Waals surface area contributed by atoms with Crippen molar-refractivity contribution in [1.29, 1.82) is 0 Å². The quantitative estimate of drug-likeness (QED) is 0.341. The summed E-state index contributed by atoms with van der Waals surface area (Å²) in [6.45, 7) is 2.03. The number of amides is 2. The minimum absolute atomic E-state index is 0.101. The van der Waals surface area contributed by atoms with E-state index in [9.17, 15) is 19.2 Å². The van der Waals surface area contributed by atoms with Gasteiger partial charge in [-0.2, -0.15) is 0 Å². The molecule has 4 rings (SSSR count). The van der Waals surface area contributed by atoms with E-state index >= 15 is 0 Å². The van der Waals surface area contributed by atoms with Gasteiger partial charge in [0.05, 0.1) is 30.5 Å². The van der Waals surface area contributed by atoms with E-state index in [-0.39, 0.29) is 5.57 Å². The number of rotatable bonds is 6. The number of hydrazine groups is 1. The lowest BCUT2D eigenvalue weighted by atomic mass is 10.1. The Labute approximate surface area is 194 Å². The maximum Gasteiger partial charge on any atom is 0.338 e. The molecule has 2 heterocycles. The van der Waals surface area contributed by atoms with Crippen LogP contribution in [0.5, 0.6) is 0 Å². The highest BCUT2D eigenvalue weighted by molar-refractivity contribution is 6.31.